The molecule has 0 atom stereocenters. The third kappa shape index (κ3) is 3.33. The number of carbonyl (C=O) groups is 1. The summed E-state index contributed by atoms with van der Waals surface area (Å²) in [4.78, 5) is 15.4. The third-order valence-corrected chi connectivity index (χ3v) is 2.68. The molecule has 0 radical (unpaired) electrons. The van der Waals surface area contributed by atoms with E-state index in [1.165, 1.54) is 26.5 Å². The van der Waals surface area contributed by atoms with Crippen LogP contribution in [0, 0.1) is 0 Å². The van der Waals surface area contributed by atoms with Gasteiger partial charge >= 0.3 is 0 Å². The monoisotopic (exact) mass is 289 g/mol. The number of amides is 1. The van der Waals surface area contributed by atoms with Gasteiger partial charge in [-0.3, -0.25) is 4.79 Å². The van der Waals surface area contributed by atoms with Gasteiger partial charge in [-0.05, 0) is 6.07 Å². The highest BCUT2D eigenvalue weighted by Crippen LogP contribution is 2.31. The van der Waals surface area contributed by atoms with Crippen LogP contribution in [0.3, 0.4) is 0 Å². The standard InChI is InChI=1S/C14H15N3O4/c1-19-9-4-10(20-2)6-11(5-9)21-14-12(13(16)18)3-8(15)7-17-14/h3-7H,15H2,1-2H3,(H2,16,18). The lowest BCUT2D eigenvalue weighted by Gasteiger charge is -2.11. The zero-order chi connectivity index (χ0) is 15.4. The van der Waals surface area contributed by atoms with Gasteiger partial charge in [-0.25, -0.2) is 4.98 Å². The second-order valence-electron chi connectivity index (χ2n) is 4.14. The van der Waals surface area contributed by atoms with Crippen LogP contribution in [-0.4, -0.2) is 25.1 Å². The van der Waals surface area contributed by atoms with Crippen molar-refractivity contribution >= 4 is 11.6 Å². The number of hydrogen-bond acceptors (Lipinski definition) is 6. The number of aromatic nitrogens is 1. The Labute approximate surface area is 121 Å². The summed E-state index contributed by atoms with van der Waals surface area (Å²) in [6, 6.07) is 6.36. The number of nitrogens with two attached hydrogens (primary N) is 2. The number of carbonyl (C=O) groups excluding carboxylic acids is 1. The Hall–Kier alpha value is -2.96. The quantitative estimate of drug-likeness (QED) is 0.864. The fourth-order valence-electron chi connectivity index (χ4n) is 1.68. The van der Waals surface area contributed by atoms with Crippen LogP contribution < -0.4 is 25.7 Å². The second kappa shape index (κ2) is 6.00. The first-order valence-electron chi connectivity index (χ1n) is 5.99. The minimum Gasteiger partial charge on any atom is -0.496 e. The van der Waals surface area contributed by atoms with E-state index in [0.29, 0.717) is 22.9 Å². The molecule has 0 aliphatic carbocycles. The number of primary amides is 1. The number of pyridine rings is 1. The summed E-state index contributed by atoms with van der Waals surface area (Å²) in [6.45, 7) is 0. The Kier molecular flexibility index (Phi) is 4.13. The molecule has 0 fully saturated rings. The maximum absolute atomic E-state index is 11.4. The number of nitrogen functional groups attached to an aromatic ring is 1. The first-order chi connectivity index (χ1) is 10.0. The highest BCUT2D eigenvalue weighted by molar-refractivity contribution is 5.95. The second-order valence-corrected chi connectivity index (χ2v) is 4.14. The highest BCUT2D eigenvalue weighted by atomic mass is 16.5. The summed E-state index contributed by atoms with van der Waals surface area (Å²) < 4.78 is 15.9. The molecule has 0 bridgehead atoms. The number of methoxy groups -OCH3 is 2. The van der Waals surface area contributed by atoms with Crippen LogP contribution in [0.5, 0.6) is 23.1 Å². The van der Waals surface area contributed by atoms with Gasteiger partial charge in [0.15, 0.2) is 0 Å². The van der Waals surface area contributed by atoms with E-state index in [0.717, 1.165) is 0 Å². The largest absolute Gasteiger partial charge is 0.496 e. The van der Waals surface area contributed by atoms with Gasteiger partial charge in [-0.1, -0.05) is 0 Å². The number of ether oxygens (including phenoxy) is 3. The van der Waals surface area contributed by atoms with Crippen LogP contribution >= 0.6 is 0 Å². The lowest BCUT2D eigenvalue weighted by molar-refractivity contribution is 0.0997. The van der Waals surface area contributed by atoms with Crippen LogP contribution in [0.1, 0.15) is 10.4 Å². The van der Waals surface area contributed by atoms with Gasteiger partial charge in [0.25, 0.3) is 5.91 Å². The first kappa shape index (κ1) is 14.4. The fraction of sp³-hybridized carbons (Fsp3) is 0.143. The average Bonchev–Trinajstić information content (AvgIpc) is 2.48. The Balaban J connectivity index is 2.40. The Morgan fingerprint density at radius 3 is 2.14 bits per heavy atom. The van der Waals surface area contributed by atoms with Crippen molar-refractivity contribution in [3.8, 4) is 23.1 Å². The maximum atomic E-state index is 11.4. The number of rotatable bonds is 5. The van der Waals surface area contributed by atoms with Crippen molar-refractivity contribution in [1.29, 1.82) is 0 Å². The number of benzene rings is 1. The molecular weight excluding hydrogens is 274 g/mol. The number of anilines is 1. The van der Waals surface area contributed by atoms with Crippen LogP contribution in [-0.2, 0) is 0 Å². The van der Waals surface area contributed by atoms with Gasteiger partial charge < -0.3 is 25.7 Å². The lowest BCUT2D eigenvalue weighted by Crippen LogP contribution is -2.13. The SMILES string of the molecule is COc1cc(OC)cc(Oc2ncc(N)cc2C(N)=O)c1. The van der Waals surface area contributed by atoms with Crippen molar-refractivity contribution in [2.75, 3.05) is 20.0 Å². The Morgan fingerprint density at radius 2 is 1.62 bits per heavy atom. The van der Waals surface area contributed by atoms with Gasteiger partial charge in [0.1, 0.15) is 22.8 Å². The number of hydrogen-bond donors (Lipinski definition) is 2. The van der Waals surface area contributed by atoms with E-state index in [4.69, 9.17) is 25.7 Å². The van der Waals surface area contributed by atoms with Crippen LogP contribution in [0.2, 0.25) is 0 Å². The maximum Gasteiger partial charge on any atom is 0.254 e. The van der Waals surface area contributed by atoms with E-state index in [1.807, 2.05) is 0 Å². The van der Waals surface area contributed by atoms with Gasteiger partial charge in [-0.2, -0.15) is 0 Å². The van der Waals surface area contributed by atoms with Crippen LogP contribution in [0.4, 0.5) is 5.69 Å². The molecule has 2 aromatic rings. The van der Waals surface area contributed by atoms with Crippen molar-refractivity contribution in [2.45, 2.75) is 0 Å². The molecule has 2 rings (SSSR count). The smallest absolute Gasteiger partial charge is 0.254 e. The van der Waals surface area contributed by atoms with Crippen LogP contribution in [0.25, 0.3) is 0 Å². The zero-order valence-corrected chi connectivity index (χ0v) is 11.6. The van der Waals surface area contributed by atoms with Gasteiger partial charge in [-0.15, -0.1) is 0 Å². The topological polar surface area (TPSA) is 110 Å². The molecule has 1 aromatic heterocycles. The molecule has 0 saturated carbocycles. The van der Waals surface area contributed by atoms with E-state index in [1.54, 1.807) is 18.2 Å². The van der Waals surface area contributed by atoms with Gasteiger partial charge in [0, 0.05) is 18.2 Å². The highest BCUT2D eigenvalue weighted by Gasteiger charge is 2.13. The molecular formula is C14H15N3O4. The molecule has 0 aliphatic rings. The number of nitrogens with zero attached hydrogens (tertiary/aromatic N) is 1. The molecule has 0 unspecified atom stereocenters. The Bertz CT molecular complexity index is 651. The lowest BCUT2D eigenvalue weighted by atomic mass is 10.2. The zero-order valence-electron chi connectivity index (χ0n) is 11.6. The molecule has 21 heavy (non-hydrogen) atoms. The molecule has 7 nitrogen and oxygen atoms in total. The van der Waals surface area contributed by atoms with Crippen molar-refractivity contribution in [1.82, 2.24) is 4.98 Å². The summed E-state index contributed by atoms with van der Waals surface area (Å²) >= 11 is 0. The van der Waals surface area contributed by atoms with Crippen molar-refractivity contribution < 1.29 is 19.0 Å². The van der Waals surface area contributed by atoms with Crippen molar-refractivity contribution in [3.63, 3.8) is 0 Å². The molecule has 1 heterocycles. The predicted molar refractivity (Wildman–Crippen MR) is 76.8 cm³/mol. The average molecular weight is 289 g/mol. The summed E-state index contributed by atoms with van der Waals surface area (Å²) in [5.74, 6) is 0.860. The first-order valence-corrected chi connectivity index (χ1v) is 5.99. The van der Waals surface area contributed by atoms with Crippen molar-refractivity contribution in [3.05, 3.63) is 36.0 Å². The Morgan fingerprint density at radius 1 is 1.05 bits per heavy atom. The normalized spacial score (nSPS) is 10.0. The molecule has 110 valence electrons. The predicted octanol–water partition coefficient (Wildman–Crippen LogP) is 1.57. The fourth-order valence-corrected chi connectivity index (χ4v) is 1.68. The van der Waals surface area contributed by atoms with Crippen molar-refractivity contribution in [2.24, 2.45) is 5.73 Å². The van der Waals surface area contributed by atoms with E-state index in [2.05, 4.69) is 4.98 Å². The van der Waals surface area contributed by atoms with E-state index in [9.17, 15) is 4.79 Å². The minimum absolute atomic E-state index is 0.0620. The van der Waals surface area contributed by atoms with Gasteiger partial charge in [0.2, 0.25) is 5.88 Å². The molecule has 1 aromatic carbocycles. The molecule has 0 spiro atoms. The van der Waals surface area contributed by atoms with Crippen LogP contribution in [0.15, 0.2) is 30.5 Å². The van der Waals surface area contributed by atoms with E-state index < -0.39 is 5.91 Å². The minimum atomic E-state index is -0.681. The third-order valence-electron chi connectivity index (χ3n) is 2.68. The summed E-state index contributed by atoms with van der Waals surface area (Å²) in [6.07, 6.45) is 1.37. The van der Waals surface area contributed by atoms with E-state index >= 15 is 0 Å². The molecule has 0 aliphatic heterocycles. The summed E-state index contributed by atoms with van der Waals surface area (Å²) in [5, 5.41) is 0. The molecule has 7 heteroatoms. The molecule has 0 saturated heterocycles. The molecule has 1 amide bonds. The van der Waals surface area contributed by atoms with Gasteiger partial charge in [0.05, 0.1) is 26.1 Å². The molecule has 4 N–H and O–H groups in total. The summed E-state index contributed by atoms with van der Waals surface area (Å²) in [7, 11) is 3.05. The summed E-state index contributed by atoms with van der Waals surface area (Å²) in [5.41, 5.74) is 11.3. The van der Waals surface area contributed by atoms with E-state index in [-0.39, 0.29) is 11.4 Å².